The summed E-state index contributed by atoms with van der Waals surface area (Å²) in [5, 5.41) is 5.73. The van der Waals surface area contributed by atoms with Crippen LogP contribution in [-0.4, -0.2) is 23.2 Å². The summed E-state index contributed by atoms with van der Waals surface area (Å²) in [4.78, 5) is 3.86. The third-order valence-corrected chi connectivity index (χ3v) is 5.34. The molecule has 0 bridgehead atoms. The zero-order chi connectivity index (χ0) is 14.0. The van der Waals surface area contributed by atoms with Gasteiger partial charge in [0.25, 0.3) is 10.0 Å². The molecule has 2 aromatic heterocycles. The van der Waals surface area contributed by atoms with Crippen LogP contribution >= 0.6 is 11.3 Å². The summed E-state index contributed by atoms with van der Waals surface area (Å²) in [6.07, 6.45) is 2.91. The van der Waals surface area contributed by atoms with Crippen LogP contribution in [0.4, 0.5) is 5.69 Å². The fourth-order valence-electron chi connectivity index (χ4n) is 1.70. The van der Waals surface area contributed by atoms with Crippen molar-refractivity contribution in [3.05, 3.63) is 54.4 Å². The molecule has 8 heteroatoms. The second-order valence-corrected chi connectivity index (χ2v) is 6.75. The number of aromatic nitrogens is 3. The largest absolute Gasteiger partial charge is 0.277 e. The number of anilines is 1. The summed E-state index contributed by atoms with van der Waals surface area (Å²) in [5.74, 6) is 0. The summed E-state index contributed by atoms with van der Waals surface area (Å²) < 4.78 is 28.8. The lowest BCUT2D eigenvalue weighted by molar-refractivity contribution is 0.603. The van der Waals surface area contributed by atoms with Crippen molar-refractivity contribution in [2.24, 2.45) is 0 Å². The van der Waals surface area contributed by atoms with Crippen molar-refractivity contribution in [1.29, 1.82) is 0 Å². The van der Waals surface area contributed by atoms with Gasteiger partial charge in [0, 0.05) is 0 Å². The molecule has 3 rings (SSSR count). The Kier molecular flexibility index (Phi) is 3.25. The van der Waals surface area contributed by atoms with E-state index in [-0.39, 0.29) is 4.21 Å². The molecular formula is C12H10N4O2S2. The standard InChI is InChI=1S/C12H10N4O2S2/c17-20(18,12-6-3-7-19-12)15-10-4-1-2-5-11(10)16-9-13-8-14-16/h1-9,15H. The van der Waals surface area contributed by atoms with Crippen molar-refractivity contribution in [3.8, 4) is 5.69 Å². The van der Waals surface area contributed by atoms with Crippen LogP contribution in [0.1, 0.15) is 0 Å². The molecule has 1 N–H and O–H groups in total. The van der Waals surface area contributed by atoms with Gasteiger partial charge in [0.05, 0.1) is 11.4 Å². The van der Waals surface area contributed by atoms with Crippen molar-refractivity contribution >= 4 is 27.0 Å². The molecule has 20 heavy (non-hydrogen) atoms. The van der Waals surface area contributed by atoms with Gasteiger partial charge in [0.15, 0.2) is 0 Å². The SMILES string of the molecule is O=S(=O)(Nc1ccccc1-n1cncn1)c1cccs1. The summed E-state index contributed by atoms with van der Waals surface area (Å²) >= 11 is 1.17. The van der Waals surface area contributed by atoms with Gasteiger partial charge in [0.2, 0.25) is 0 Å². The zero-order valence-electron chi connectivity index (χ0n) is 10.2. The van der Waals surface area contributed by atoms with E-state index in [2.05, 4.69) is 14.8 Å². The van der Waals surface area contributed by atoms with Gasteiger partial charge in [-0.05, 0) is 23.6 Å². The highest BCUT2D eigenvalue weighted by atomic mass is 32.2. The van der Waals surface area contributed by atoms with E-state index in [4.69, 9.17) is 0 Å². The van der Waals surface area contributed by atoms with Gasteiger partial charge in [-0.2, -0.15) is 5.10 Å². The van der Waals surface area contributed by atoms with E-state index in [1.54, 1.807) is 41.8 Å². The minimum atomic E-state index is -3.58. The van der Waals surface area contributed by atoms with Gasteiger partial charge in [0.1, 0.15) is 16.9 Å². The topological polar surface area (TPSA) is 76.9 Å². The van der Waals surface area contributed by atoms with E-state index in [0.717, 1.165) is 0 Å². The first kappa shape index (κ1) is 12.8. The number of rotatable bonds is 4. The Hall–Kier alpha value is -2.19. The van der Waals surface area contributed by atoms with Crippen LogP contribution in [0.3, 0.4) is 0 Å². The average molecular weight is 306 g/mol. The smallest absolute Gasteiger partial charge is 0.271 e. The minimum absolute atomic E-state index is 0.269. The van der Waals surface area contributed by atoms with Crippen LogP contribution in [0, 0.1) is 0 Å². The van der Waals surface area contributed by atoms with Crippen molar-refractivity contribution < 1.29 is 8.42 Å². The number of sulfonamides is 1. The fourth-order valence-corrected chi connectivity index (χ4v) is 3.77. The van der Waals surface area contributed by atoms with Gasteiger partial charge in [-0.25, -0.2) is 18.1 Å². The van der Waals surface area contributed by atoms with Gasteiger partial charge in [-0.15, -0.1) is 11.3 Å². The average Bonchev–Trinajstić information content (AvgIpc) is 3.13. The Balaban J connectivity index is 2.00. The molecule has 0 aliphatic rings. The highest BCUT2D eigenvalue weighted by molar-refractivity contribution is 7.94. The van der Waals surface area contributed by atoms with Crippen LogP contribution in [-0.2, 0) is 10.0 Å². The molecule has 0 saturated carbocycles. The van der Waals surface area contributed by atoms with E-state index in [1.807, 2.05) is 0 Å². The van der Waals surface area contributed by atoms with E-state index in [1.165, 1.54) is 28.7 Å². The molecule has 0 fully saturated rings. The number of benzene rings is 1. The monoisotopic (exact) mass is 306 g/mol. The molecule has 102 valence electrons. The molecule has 0 spiro atoms. The molecule has 0 aliphatic carbocycles. The molecule has 0 radical (unpaired) electrons. The Morgan fingerprint density at radius 3 is 2.70 bits per heavy atom. The second kappa shape index (κ2) is 5.06. The number of nitrogens with one attached hydrogen (secondary N) is 1. The quantitative estimate of drug-likeness (QED) is 0.801. The second-order valence-electron chi connectivity index (χ2n) is 3.89. The molecule has 6 nitrogen and oxygen atoms in total. The number of nitrogens with zero attached hydrogens (tertiary/aromatic N) is 3. The Labute approximate surface area is 119 Å². The summed E-state index contributed by atoms with van der Waals surface area (Å²) in [6, 6.07) is 10.3. The highest BCUT2D eigenvalue weighted by Crippen LogP contribution is 2.24. The van der Waals surface area contributed by atoms with Crippen molar-refractivity contribution in [2.45, 2.75) is 4.21 Å². The molecule has 1 aromatic carbocycles. The maximum atomic E-state index is 12.2. The number of hydrogen-bond donors (Lipinski definition) is 1. The molecule has 0 amide bonds. The normalized spacial score (nSPS) is 11.4. The third-order valence-electron chi connectivity index (χ3n) is 2.57. The van der Waals surface area contributed by atoms with E-state index in [9.17, 15) is 8.42 Å². The molecule has 0 saturated heterocycles. The fraction of sp³-hybridized carbons (Fsp3) is 0. The molecule has 0 unspecified atom stereocenters. The summed E-state index contributed by atoms with van der Waals surface area (Å²) in [7, 11) is -3.58. The highest BCUT2D eigenvalue weighted by Gasteiger charge is 2.17. The number of thiophene rings is 1. The van der Waals surface area contributed by atoms with Gasteiger partial charge in [-0.3, -0.25) is 4.72 Å². The number of para-hydroxylation sites is 2. The lowest BCUT2D eigenvalue weighted by Crippen LogP contribution is -2.13. The van der Waals surface area contributed by atoms with Crippen LogP contribution in [0.2, 0.25) is 0 Å². The molecular weight excluding hydrogens is 296 g/mol. The Morgan fingerprint density at radius 1 is 1.15 bits per heavy atom. The van der Waals surface area contributed by atoms with Crippen molar-refractivity contribution in [1.82, 2.24) is 14.8 Å². The maximum Gasteiger partial charge on any atom is 0.271 e. The predicted molar refractivity (Wildman–Crippen MR) is 76.5 cm³/mol. The molecule has 0 atom stereocenters. The molecule has 2 heterocycles. The third kappa shape index (κ3) is 2.43. The maximum absolute atomic E-state index is 12.2. The Morgan fingerprint density at radius 2 is 2.00 bits per heavy atom. The van der Waals surface area contributed by atoms with Crippen LogP contribution in [0.25, 0.3) is 5.69 Å². The van der Waals surface area contributed by atoms with Gasteiger partial charge >= 0.3 is 0 Å². The first-order valence-electron chi connectivity index (χ1n) is 5.67. The molecule has 0 aliphatic heterocycles. The zero-order valence-corrected chi connectivity index (χ0v) is 11.8. The summed E-state index contributed by atoms with van der Waals surface area (Å²) in [5.41, 5.74) is 1.07. The first-order valence-corrected chi connectivity index (χ1v) is 8.03. The van der Waals surface area contributed by atoms with Gasteiger partial charge < -0.3 is 0 Å². The van der Waals surface area contributed by atoms with Crippen LogP contribution in [0.15, 0.2) is 58.6 Å². The molecule has 3 aromatic rings. The van der Waals surface area contributed by atoms with E-state index < -0.39 is 10.0 Å². The van der Waals surface area contributed by atoms with Crippen molar-refractivity contribution in [3.63, 3.8) is 0 Å². The lowest BCUT2D eigenvalue weighted by atomic mass is 10.3. The lowest BCUT2D eigenvalue weighted by Gasteiger charge is -2.11. The summed E-state index contributed by atoms with van der Waals surface area (Å²) in [6.45, 7) is 0. The first-order chi connectivity index (χ1) is 9.67. The Bertz CT molecular complexity index is 796. The van der Waals surface area contributed by atoms with Crippen molar-refractivity contribution in [2.75, 3.05) is 4.72 Å². The van der Waals surface area contributed by atoms with Gasteiger partial charge in [-0.1, -0.05) is 18.2 Å². The van der Waals surface area contributed by atoms with E-state index >= 15 is 0 Å². The van der Waals surface area contributed by atoms with E-state index in [0.29, 0.717) is 11.4 Å². The predicted octanol–water partition coefficient (Wildman–Crippen LogP) is 2.13. The van der Waals surface area contributed by atoms with Crippen LogP contribution in [0.5, 0.6) is 0 Å². The minimum Gasteiger partial charge on any atom is -0.277 e. The van der Waals surface area contributed by atoms with Crippen LogP contribution < -0.4 is 4.72 Å². The number of hydrogen-bond acceptors (Lipinski definition) is 5.